The molecule has 0 aliphatic rings. The molecule has 1 aromatic rings. The minimum absolute atomic E-state index is 0.154. The van der Waals surface area contributed by atoms with Gasteiger partial charge in [-0.3, -0.25) is 4.79 Å². The summed E-state index contributed by atoms with van der Waals surface area (Å²) in [5.41, 5.74) is 1.49. The number of hydrogen-bond donors (Lipinski definition) is 2. The number of aryl methyl sites for hydroxylation is 1. The summed E-state index contributed by atoms with van der Waals surface area (Å²) in [6.45, 7) is 11.3. The zero-order valence-electron chi connectivity index (χ0n) is 13.9. The Balaban J connectivity index is 2.84. The van der Waals surface area contributed by atoms with Gasteiger partial charge in [0.05, 0.1) is 6.10 Å². The van der Waals surface area contributed by atoms with Crippen molar-refractivity contribution in [1.82, 2.24) is 5.32 Å². The molecule has 0 spiro atoms. The van der Waals surface area contributed by atoms with Gasteiger partial charge in [0.25, 0.3) is 5.91 Å². The van der Waals surface area contributed by atoms with Crippen LogP contribution in [0.5, 0.6) is 5.75 Å². The smallest absolute Gasteiger partial charge is 0.261 e. The largest absolute Gasteiger partial charge is 0.481 e. The van der Waals surface area contributed by atoms with Gasteiger partial charge in [0.15, 0.2) is 6.10 Å². The van der Waals surface area contributed by atoms with E-state index < -0.39 is 12.2 Å². The summed E-state index contributed by atoms with van der Waals surface area (Å²) in [6.07, 6.45) is -0.409. The number of nitrogens with one attached hydrogen (secondary N) is 1. The van der Waals surface area contributed by atoms with Crippen molar-refractivity contribution < 1.29 is 14.6 Å². The first-order valence-corrected chi connectivity index (χ1v) is 7.43. The van der Waals surface area contributed by atoms with Crippen LogP contribution in [-0.4, -0.2) is 22.7 Å². The van der Waals surface area contributed by atoms with Crippen molar-refractivity contribution in [3.8, 4) is 5.75 Å². The second-order valence-corrected chi connectivity index (χ2v) is 6.20. The molecule has 0 aliphatic heterocycles. The summed E-state index contributed by atoms with van der Waals surface area (Å²) in [5, 5.41) is 12.8. The normalized spacial score (nSPS) is 14.4. The highest BCUT2D eigenvalue weighted by molar-refractivity contribution is 5.81. The van der Waals surface area contributed by atoms with E-state index in [2.05, 4.69) is 5.32 Å². The van der Waals surface area contributed by atoms with Crippen molar-refractivity contribution in [2.45, 2.75) is 65.7 Å². The van der Waals surface area contributed by atoms with Crippen molar-refractivity contribution >= 4 is 5.91 Å². The quantitative estimate of drug-likeness (QED) is 0.847. The highest BCUT2D eigenvalue weighted by Crippen LogP contribution is 2.27. The second kappa shape index (κ2) is 6.94. The summed E-state index contributed by atoms with van der Waals surface area (Å²) in [7, 11) is 0. The van der Waals surface area contributed by atoms with Crippen molar-refractivity contribution in [2.24, 2.45) is 0 Å². The maximum Gasteiger partial charge on any atom is 0.261 e. The predicted molar refractivity (Wildman–Crippen MR) is 84.4 cm³/mol. The Morgan fingerprint density at radius 1 is 1.38 bits per heavy atom. The maximum absolute atomic E-state index is 12.2. The van der Waals surface area contributed by atoms with Crippen LogP contribution in [0.15, 0.2) is 18.2 Å². The zero-order chi connectivity index (χ0) is 16.2. The minimum Gasteiger partial charge on any atom is -0.481 e. The van der Waals surface area contributed by atoms with Gasteiger partial charge < -0.3 is 15.2 Å². The number of carbonyl (C=O) groups is 1. The molecule has 1 amide bonds. The minimum atomic E-state index is -0.637. The molecule has 0 heterocycles. The summed E-state index contributed by atoms with van der Waals surface area (Å²) in [5.74, 6) is 0.395. The lowest BCUT2D eigenvalue weighted by Gasteiger charge is -2.27. The van der Waals surface area contributed by atoms with Gasteiger partial charge in [0.1, 0.15) is 5.75 Å². The van der Waals surface area contributed by atoms with Crippen LogP contribution in [0.3, 0.4) is 0 Å². The molecular formula is C17H27NO3. The highest BCUT2D eigenvalue weighted by Gasteiger charge is 2.23. The van der Waals surface area contributed by atoms with Crippen LogP contribution in [0.2, 0.25) is 0 Å². The molecule has 0 fully saturated rings. The molecule has 0 aromatic heterocycles. The van der Waals surface area contributed by atoms with Crippen molar-refractivity contribution in [2.75, 3.05) is 0 Å². The Bertz CT molecular complexity index is 495. The van der Waals surface area contributed by atoms with E-state index in [1.807, 2.05) is 39.8 Å². The number of benzene rings is 1. The first-order chi connectivity index (χ1) is 9.66. The zero-order valence-corrected chi connectivity index (χ0v) is 13.9. The first kappa shape index (κ1) is 17.5. The molecule has 4 nitrogen and oxygen atoms in total. The Morgan fingerprint density at radius 2 is 2.00 bits per heavy atom. The number of carbonyl (C=O) groups excluding carboxylic acids is 1. The molecule has 2 unspecified atom stereocenters. The molecule has 21 heavy (non-hydrogen) atoms. The molecule has 0 radical (unpaired) electrons. The molecule has 118 valence electrons. The summed E-state index contributed by atoms with van der Waals surface area (Å²) in [6, 6.07) is 5.58. The molecule has 0 bridgehead atoms. The molecule has 0 aliphatic carbocycles. The van der Waals surface area contributed by atoms with Gasteiger partial charge in [-0.1, -0.05) is 18.6 Å². The van der Waals surface area contributed by atoms with Gasteiger partial charge in [0, 0.05) is 11.1 Å². The monoisotopic (exact) mass is 293 g/mol. The van der Waals surface area contributed by atoms with Gasteiger partial charge in [-0.15, -0.1) is 0 Å². The van der Waals surface area contributed by atoms with E-state index in [1.165, 1.54) is 0 Å². The number of amides is 1. The van der Waals surface area contributed by atoms with E-state index in [9.17, 15) is 9.90 Å². The number of ether oxygens (including phenoxy) is 1. The van der Waals surface area contributed by atoms with Crippen LogP contribution in [-0.2, 0) is 4.79 Å². The lowest BCUT2D eigenvalue weighted by atomic mass is 10.0. The Kier molecular flexibility index (Phi) is 5.78. The van der Waals surface area contributed by atoms with Gasteiger partial charge in [0.2, 0.25) is 0 Å². The lowest BCUT2D eigenvalue weighted by molar-refractivity contribution is -0.129. The van der Waals surface area contributed by atoms with E-state index in [0.29, 0.717) is 11.3 Å². The molecule has 2 atom stereocenters. The molecule has 1 rings (SSSR count). The van der Waals surface area contributed by atoms with Crippen LogP contribution < -0.4 is 10.1 Å². The fraction of sp³-hybridized carbons (Fsp3) is 0.588. The number of aliphatic hydroxyl groups excluding tert-OH is 1. The number of aliphatic hydroxyl groups is 1. The third kappa shape index (κ3) is 5.05. The van der Waals surface area contributed by atoms with E-state index in [0.717, 1.165) is 12.0 Å². The Labute approximate surface area is 127 Å². The third-order valence-electron chi connectivity index (χ3n) is 3.63. The number of rotatable bonds is 6. The van der Waals surface area contributed by atoms with Gasteiger partial charge in [-0.25, -0.2) is 0 Å². The van der Waals surface area contributed by atoms with Crippen LogP contribution in [0.4, 0.5) is 0 Å². The van der Waals surface area contributed by atoms with Crippen LogP contribution in [0.25, 0.3) is 0 Å². The third-order valence-corrected chi connectivity index (χ3v) is 3.63. The summed E-state index contributed by atoms with van der Waals surface area (Å²) in [4.78, 5) is 12.2. The lowest BCUT2D eigenvalue weighted by Crippen LogP contribution is -2.48. The average molecular weight is 293 g/mol. The van der Waals surface area contributed by atoms with Crippen LogP contribution in [0.1, 0.15) is 58.3 Å². The summed E-state index contributed by atoms with van der Waals surface area (Å²) < 4.78 is 5.74. The number of hydrogen-bond acceptors (Lipinski definition) is 3. The fourth-order valence-electron chi connectivity index (χ4n) is 1.87. The van der Waals surface area contributed by atoms with E-state index >= 15 is 0 Å². The topological polar surface area (TPSA) is 58.6 Å². The van der Waals surface area contributed by atoms with Crippen LogP contribution in [0, 0.1) is 6.92 Å². The Hall–Kier alpha value is -1.55. The average Bonchev–Trinajstić information content (AvgIpc) is 2.40. The molecule has 0 saturated carbocycles. The van der Waals surface area contributed by atoms with Crippen LogP contribution >= 0.6 is 0 Å². The molecular weight excluding hydrogens is 266 g/mol. The predicted octanol–water partition coefficient (Wildman–Crippen LogP) is 3.12. The first-order valence-electron chi connectivity index (χ1n) is 7.43. The fourth-order valence-corrected chi connectivity index (χ4v) is 1.87. The molecule has 1 aromatic carbocycles. The highest BCUT2D eigenvalue weighted by atomic mass is 16.5. The van der Waals surface area contributed by atoms with Gasteiger partial charge >= 0.3 is 0 Å². The van der Waals surface area contributed by atoms with E-state index in [1.54, 1.807) is 19.9 Å². The van der Waals surface area contributed by atoms with Crippen molar-refractivity contribution in [3.05, 3.63) is 29.3 Å². The standard InChI is InChI=1S/C17H27NO3/c1-7-17(5,6)18-16(20)13(4)21-15-9-8-11(2)10-14(15)12(3)19/h8-10,12-13,19H,7H2,1-6H3,(H,18,20). The SMILES string of the molecule is CCC(C)(C)NC(=O)C(C)Oc1ccc(C)cc1C(C)O. The van der Waals surface area contributed by atoms with Gasteiger partial charge in [-0.05, 0) is 53.2 Å². The molecule has 0 saturated heterocycles. The van der Waals surface area contributed by atoms with E-state index in [-0.39, 0.29) is 11.4 Å². The van der Waals surface area contributed by atoms with E-state index in [4.69, 9.17) is 4.74 Å². The molecule has 4 heteroatoms. The maximum atomic E-state index is 12.2. The van der Waals surface area contributed by atoms with Crippen molar-refractivity contribution in [3.63, 3.8) is 0 Å². The summed E-state index contributed by atoms with van der Waals surface area (Å²) >= 11 is 0. The second-order valence-electron chi connectivity index (χ2n) is 6.20. The Morgan fingerprint density at radius 3 is 2.52 bits per heavy atom. The van der Waals surface area contributed by atoms with Gasteiger partial charge in [-0.2, -0.15) is 0 Å². The molecule has 2 N–H and O–H groups in total. The van der Waals surface area contributed by atoms with Crippen molar-refractivity contribution in [1.29, 1.82) is 0 Å².